The minimum Gasteiger partial charge on any atom is -0.336 e. The largest absolute Gasteiger partial charge is 0.336 e. The summed E-state index contributed by atoms with van der Waals surface area (Å²) in [6.45, 7) is 1.47. The summed E-state index contributed by atoms with van der Waals surface area (Å²) >= 11 is 1.67. The summed E-state index contributed by atoms with van der Waals surface area (Å²) in [6.07, 6.45) is 0.940. The smallest absolute Gasteiger partial charge is 0.245 e. The summed E-state index contributed by atoms with van der Waals surface area (Å²) in [7, 11) is 1.86. The van der Waals surface area contributed by atoms with E-state index in [1.165, 1.54) is 16.0 Å². The number of fused-ring (bicyclic) bond motifs is 1. The number of amides is 1. The molecule has 0 aliphatic carbocycles. The monoisotopic (exact) mass is 286 g/mol. The summed E-state index contributed by atoms with van der Waals surface area (Å²) in [5.41, 5.74) is 2.49. The maximum Gasteiger partial charge on any atom is 0.245 e. The molecule has 0 fully saturated rings. The first-order valence-corrected chi connectivity index (χ1v) is 7.74. The van der Waals surface area contributed by atoms with Gasteiger partial charge in [-0.2, -0.15) is 0 Å². The highest BCUT2D eigenvalue weighted by Gasteiger charge is 2.30. The Morgan fingerprint density at radius 1 is 1.30 bits per heavy atom. The van der Waals surface area contributed by atoms with E-state index in [2.05, 4.69) is 28.9 Å². The van der Waals surface area contributed by atoms with E-state index in [4.69, 9.17) is 0 Å². The van der Waals surface area contributed by atoms with Gasteiger partial charge in [0.15, 0.2) is 0 Å². The van der Waals surface area contributed by atoms with Crippen LogP contribution in [-0.2, 0) is 17.8 Å². The van der Waals surface area contributed by atoms with E-state index in [0.717, 1.165) is 13.0 Å². The van der Waals surface area contributed by atoms with Crippen LogP contribution in [0.3, 0.4) is 0 Å². The second-order valence-corrected chi connectivity index (χ2v) is 5.97. The van der Waals surface area contributed by atoms with Crippen molar-refractivity contribution in [1.29, 1.82) is 0 Å². The summed E-state index contributed by atoms with van der Waals surface area (Å²) in [6, 6.07) is 12.1. The molecule has 0 radical (unpaired) electrons. The molecule has 1 aromatic carbocycles. The molecule has 3 nitrogen and oxygen atoms in total. The van der Waals surface area contributed by atoms with Crippen molar-refractivity contribution in [2.24, 2.45) is 0 Å². The Labute approximate surface area is 123 Å². The van der Waals surface area contributed by atoms with Crippen LogP contribution in [0.2, 0.25) is 0 Å². The summed E-state index contributed by atoms with van der Waals surface area (Å²) in [5, 5.41) is 5.25. The average molecular weight is 286 g/mol. The predicted octanol–water partition coefficient (Wildman–Crippen LogP) is 2.59. The number of likely N-dealkylation sites (N-methyl/N-ethyl adjacent to an activating group) is 1. The van der Waals surface area contributed by atoms with E-state index in [9.17, 15) is 4.79 Å². The SMILES string of the molecule is CNC1C(=O)N(Cc2ccccc2)CCc2ccsc21. The number of hydrogen-bond donors (Lipinski definition) is 1. The second kappa shape index (κ2) is 5.77. The van der Waals surface area contributed by atoms with Gasteiger partial charge in [0.2, 0.25) is 5.91 Å². The van der Waals surface area contributed by atoms with Crippen molar-refractivity contribution in [1.82, 2.24) is 10.2 Å². The third-order valence-electron chi connectivity index (χ3n) is 3.76. The van der Waals surface area contributed by atoms with Gasteiger partial charge >= 0.3 is 0 Å². The predicted molar refractivity (Wildman–Crippen MR) is 81.7 cm³/mol. The molecule has 2 heterocycles. The van der Waals surface area contributed by atoms with E-state index in [0.29, 0.717) is 6.54 Å². The van der Waals surface area contributed by atoms with Gasteiger partial charge in [-0.15, -0.1) is 11.3 Å². The van der Waals surface area contributed by atoms with Gasteiger partial charge in [-0.25, -0.2) is 0 Å². The van der Waals surface area contributed by atoms with Crippen LogP contribution in [0.25, 0.3) is 0 Å². The Kier molecular flexibility index (Phi) is 3.85. The lowest BCUT2D eigenvalue weighted by Gasteiger charge is -2.24. The van der Waals surface area contributed by atoms with Gasteiger partial charge in [0.25, 0.3) is 0 Å². The summed E-state index contributed by atoms with van der Waals surface area (Å²) in [5.74, 6) is 0.178. The molecule has 1 amide bonds. The lowest BCUT2D eigenvalue weighted by molar-refractivity contribution is -0.133. The molecule has 2 aromatic rings. The van der Waals surface area contributed by atoms with Crippen LogP contribution in [0.5, 0.6) is 0 Å². The summed E-state index contributed by atoms with van der Waals surface area (Å²) in [4.78, 5) is 15.8. The zero-order valence-electron chi connectivity index (χ0n) is 11.5. The number of thiophene rings is 1. The molecule has 1 unspecified atom stereocenters. The highest BCUT2D eigenvalue weighted by atomic mass is 32.1. The van der Waals surface area contributed by atoms with Gasteiger partial charge in [-0.05, 0) is 36.0 Å². The lowest BCUT2D eigenvalue weighted by Crippen LogP contribution is -2.38. The Morgan fingerprint density at radius 2 is 2.10 bits per heavy atom. The minimum absolute atomic E-state index is 0.178. The van der Waals surface area contributed by atoms with Crippen LogP contribution in [-0.4, -0.2) is 24.4 Å². The standard InChI is InChI=1S/C16H18N2OS/c1-17-14-15-13(8-10-20-15)7-9-18(16(14)19)11-12-5-3-2-4-6-12/h2-6,8,10,14,17H,7,9,11H2,1H3. The lowest BCUT2D eigenvalue weighted by atomic mass is 10.1. The Hall–Kier alpha value is -1.65. The first kappa shape index (κ1) is 13.3. The molecule has 1 N–H and O–H groups in total. The number of hydrogen-bond acceptors (Lipinski definition) is 3. The molecule has 1 aliphatic rings. The molecule has 1 aliphatic heterocycles. The average Bonchev–Trinajstić information content (AvgIpc) is 2.89. The fraction of sp³-hybridized carbons (Fsp3) is 0.312. The number of nitrogens with one attached hydrogen (secondary N) is 1. The molecule has 104 valence electrons. The van der Waals surface area contributed by atoms with Crippen LogP contribution in [0.4, 0.5) is 0 Å². The number of rotatable bonds is 3. The van der Waals surface area contributed by atoms with Crippen LogP contribution in [0.1, 0.15) is 22.0 Å². The van der Waals surface area contributed by atoms with Crippen molar-refractivity contribution in [2.45, 2.75) is 19.0 Å². The van der Waals surface area contributed by atoms with Crippen molar-refractivity contribution >= 4 is 17.2 Å². The zero-order valence-corrected chi connectivity index (χ0v) is 12.3. The van der Waals surface area contributed by atoms with Gasteiger partial charge in [-0.3, -0.25) is 4.79 Å². The van der Waals surface area contributed by atoms with Crippen LogP contribution < -0.4 is 5.32 Å². The van der Waals surface area contributed by atoms with Gasteiger partial charge in [0.1, 0.15) is 6.04 Å². The maximum absolute atomic E-state index is 12.7. The Morgan fingerprint density at radius 3 is 2.85 bits per heavy atom. The fourth-order valence-electron chi connectivity index (χ4n) is 2.68. The highest BCUT2D eigenvalue weighted by molar-refractivity contribution is 7.10. The molecular formula is C16H18N2OS. The number of carbonyl (C=O) groups excluding carboxylic acids is 1. The van der Waals surface area contributed by atoms with E-state index in [1.807, 2.05) is 30.1 Å². The highest BCUT2D eigenvalue weighted by Crippen LogP contribution is 2.29. The van der Waals surface area contributed by atoms with E-state index in [-0.39, 0.29) is 11.9 Å². The molecule has 1 aromatic heterocycles. The van der Waals surface area contributed by atoms with E-state index < -0.39 is 0 Å². The van der Waals surface area contributed by atoms with Gasteiger partial charge < -0.3 is 10.2 Å². The summed E-state index contributed by atoms with van der Waals surface area (Å²) < 4.78 is 0. The van der Waals surface area contributed by atoms with Gasteiger partial charge in [0.05, 0.1) is 0 Å². The first-order valence-electron chi connectivity index (χ1n) is 6.86. The van der Waals surface area contributed by atoms with Crippen LogP contribution in [0.15, 0.2) is 41.8 Å². The quantitative estimate of drug-likeness (QED) is 0.940. The van der Waals surface area contributed by atoms with Crippen LogP contribution in [0, 0.1) is 0 Å². The molecule has 3 rings (SSSR count). The molecule has 0 saturated carbocycles. The van der Waals surface area contributed by atoms with Crippen molar-refractivity contribution in [2.75, 3.05) is 13.6 Å². The Bertz CT molecular complexity index is 594. The number of carbonyl (C=O) groups is 1. The van der Waals surface area contributed by atoms with Gasteiger partial charge in [-0.1, -0.05) is 30.3 Å². The minimum atomic E-state index is -0.198. The first-order chi connectivity index (χ1) is 9.79. The molecular weight excluding hydrogens is 268 g/mol. The topological polar surface area (TPSA) is 32.3 Å². The van der Waals surface area contributed by atoms with Crippen molar-refractivity contribution in [3.63, 3.8) is 0 Å². The molecule has 0 spiro atoms. The third kappa shape index (κ3) is 2.49. The Balaban J connectivity index is 1.84. The normalized spacial score (nSPS) is 18.8. The fourth-order valence-corrected chi connectivity index (χ4v) is 3.74. The number of nitrogens with zero attached hydrogens (tertiary/aromatic N) is 1. The molecule has 0 bridgehead atoms. The van der Waals surface area contributed by atoms with Crippen molar-refractivity contribution < 1.29 is 4.79 Å². The maximum atomic E-state index is 12.7. The van der Waals surface area contributed by atoms with Crippen LogP contribution >= 0.6 is 11.3 Å². The third-order valence-corrected chi connectivity index (χ3v) is 4.78. The molecule has 4 heteroatoms. The van der Waals surface area contributed by atoms with E-state index in [1.54, 1.807) is 11.3 Å². The molecule has 20 heavy (non-hydrogen) atoms. The van der Waals surface area contributed by atoms with E-state index >= 15 is 0 Å². The van der Waals surface area contributed by atoms with Gasteiger partial charge in [0, 0.05) is 18.0 Å². The molecule has 0 saturated heterocycles. The molecule has 1 atom stereocenters. The van der Waals surface area contributed by atoms with Crippen molar-refractivity contribution in [3.8, 4) is 0 Å². The van der Waals surface area contributed by atoms with Crippen molar-refractivity contribution in [3.05, 3.63) is 57.8 Å². The second-order valence-electron chi connectivity index (χ2n) is 5.03. The number of benzene rings is 1. The zero-order chi connectivity index (χ0) is 13.9.